The van der Waals surface area contributed by atoms with Crippen LogP contribution < -0.4 is 0 Å². The summed E-state index contributed by atoms with van der Waals surface area (Å²) in [5.74, 6) is -0.492. The van der Waals surface area contributed by atoms with E-state index in [0.29, 0.717) is 10.6 Å². The van der Waals surface area contributed by atoms with Gasteiger partial charge in [0.25, 0.3) is 0 Å². The van der Waals surface area contributed by atoms with Gasteiger partial charge < -0.3 is 5.11 Å². The first-order valence-electron chi connectivity index (χ1n) is 5.22. The number of carbonyl (C=O) groups is 1. The fourth-order valence-corrected chi connectivity index (χ4v) is 4.11. The highest BCUT2D eigenvalue weighted by molar-refractivity contribution is 9.10. The van der Waals surface area contributed by atoms with Gasteiger partial charge in [0.15, 0.2) is 9.84 Å². The van der Waals surface area contributed by atoms with E-state index in [1.807, 2.05) is 0 Å². The lowest BCUT2D eigenvalue weighted by atomic mass is 10.2. The monoisotopic (exact) mass is 352 g/mol. The molecular formula is C11H13BrO4S2. The van der Waals surface area contributed by atoms with Crippen LogP contribution in [0.1, 0.15) is 17.3 Å². The molecule has 1 aromatic carbocycles. The van der Waals surface area contributed by atoms with Gasteiger partial charge in [-0.1, -0.05) is 22.9 Å². The van der Waals surface area contributed by atoms with Crippen molar-refractivity contribution in [1.82, 2.24) is 0 Å². The largest absolute Gasteiger partial charge is 0.478 e. The van der Waals surface area contributed by atoms with Crippen LogP contribution in [0.15, 0.2) is 27.6 Å². The van der Waals surface area contributed by atoms with Crippen LogP contribution in [-0.4, -0.2) is 36.8 Å². The van der Waals surface area contributed by atoms with Crippen molar-refractivity contribution in [3.8, 4) is 0 Å². The normalized spacial score (nSPS) is 11.4. The van der Waals surface area contributed by atoms with Crippen LogP contribution in [0.3, 0.4) is 0 Å². The highest BCUT2D eigenvalue weighted by Crippen LogP contribution is 2.26. The molecule has 0 spiro atoms. The number of rotatable bonds is 6. The lowest BCUT2D eigenvalue weighted by Crippen LogP contribution is -2.10. The quantitative estimate of drug-likeness (QED) is 0.796. The fourth-order valence-electron chi connectivity index (χ4n) is 1.22. The van der Waals surface area contributed by atoms with Crippen LogP contribution >= 0.6 is 27.7 Å². The molecule has 0 heterocycles. The predicted octanol–water partition coefficient (Wildman–Crippen LogP) is 2.67. The highest BCUT2D eigenvalue weighted by Gasteiger charge is 2.13. The van der Waals surface area contributed by atoms with Gasteiger partial charge in [0.2, 0.25) is 0 Å². The molecule has 0 aromatic heterocycles. The summed E-state index contributed by atoms with van der Waals surface area (Å²) >= 11 is 4.51. The minimum absolute atomic E-state index is 0.0553. The standard InChI is InChI=1S/C11H13BrO4S2/c1-2-18(15,16)6-5-17-10-7-8(12)3-4-9(10)11(13)14/h3-4,7H,2,5-6H2,1H3,(H,13,14). The summed E-state index contributed by atoms with van der Waals surface area (Å²) in [5.41, 5.74) is 0.192. The Morgan fingerprint density at radius 3 is 2.67 bits per heavy atom. The first-order valence-corrected chi connectivity index (χ1v) is 8.82. The molecule has 0 amide bonds. The van der Waals surface area contributed by atoms with E-state index in [4.69, 9.17) is 5.11 Å². The summed E-state index contributed by atoms with van der Waals surface area (Å²) in [5, 5.41) is 9.02. The maximum absolute atomic E-state index is 11.3. The van der Waals surface area contributed by atoms with Crippen LogP contribution in [0.2, 0.25) is 0 Å². The van der Waals surface area contributed by atoms with Crippen LogP contribution in [0, 0.1) is 0 Å². The Morgan fingerprint density at radius 2 is 2.11 bits per heavy atom. The van der Waals surface area contributed by atoms with Crippen molar-refractivity contribution in [3.63, 3.8) is 0 Å². The summed E-state index contributed by atoms with van der Waals surface area (Å²) in [4.78, 5) is 11.6. The van der Waals surface area contributed by atoms with E-state index in [1.54, 1.807) is 19.1 Å². The molecule has 1 aromatic rings. The minimum Gasteiger partial charge on any atom is -0.478 e. The van der Waals surface area contributed by atoms with Crippen LogP contribution in [0.5, 0.6) is 0 Å². The van der Waals surface area contributed by atoms with E-state index in [9.17, 15) is 13.2 Å². The highest BCUT2D eigenvalue weighted by atomic mass is 79.9. The fraction of sp³-hybridized carbons (Fsp3) is 0.364. The molecule has 0 aliphatic heterocycles. The van der Waals surface area contributed by atoms with Crippen LogP contribution in [0.25, 0.3) is 0 Å². The summed E-state index contributed by atoms with van der Waals surface area (Å²) < 4.78 is 23.4. The second kappa shape index (κ2) is 6.58. The Kier molecular flexibility index (Phi) is 5.68. The zero-order chi connectivity index (χ0) is 13.8. The second-order valence-corrected chi connectivity index (χ2v) is 8.06. The van der Waals surface area contributed by atoms with E-state index in [-0.39, 0.29) is 17.1 Å². The number of aromatic carboxylic acids is 1. The van der Waals surface area contributed by atoms with Crippen molar-refractivity contribution in [2.24, 2.45) is 0 Å². The van der Waals surface area contributed by atoms with E-state index in [1.165, 1.54) is 17.8 Å². The molecule has 0 aliphatic carbocycles. The van der Waals surface area contributed by atoms with Gasteiger partial charge in [-0.05, 0) is 18.2 Å². The third-order valence-corrected chi connectivity index (χ3v) is 5.78. The Morgan fingerprint density at radius 1 is 1.44 bits per heavy atom. The Bertz CT molecular complexity index is 540. The Labute approximate surface area is 119 Å². The van der Waals surface area contributed by atoms with Crippen molar-refractivity contribution < 1.29 is 18.3 Å². The summed E-state index contributed by atoms with van der Waals surface area (Å²) in [6.07, 6.45) is 0. The van der Waals surface area contributed by atoms with E-state index in [0.717, 1.165) is 4.47 Å². The molecule has 0 atom stereocenters. The van der Waals surface area contributed by atoms with Crippen molar-refractivity contribution in [1.29, 1.82) is 0 Å². The van der Waals surface area contributed by atoms with Gasteiger partial charge in [-0.2, -0.15) is 0 Å². The SMILES string of the molecule is CCS(=O)(=O)CCSc1cc(Br)ccc1C(=O)O. The summed E-state index contributed by atoms with van der Waals surface area (Å²) in [6.45, 7) is 1.60. The number of hydrogen-bond acceptors (Lipinski definition) is 4. The van der Waals surface area contributed by atoms with Gasteiger partial charge in [0, 0.05) is 20.9 Å². The molecule has 0 saturated carbocycles. The summed E-state index contributed by atoms with van der Waals surface area (Å²) in [7, 11) is -3.01. The molecule has 4 nitrogen and oxygen atoms in total. The van der Waals surface area contributed by atoms with Crippen molar-refractivity contribution in [2.75, 3.05) is 17.3 Å². The van der Waals surface area contributed by atoms with Crippen LogP contribution in [0.4, 0.5) is 0 Å². The second-order valence-electron chi connectivity index (χ2n) is 3.53. The predicted molar refractivity (Wildman–Crippen MR) is 76.2 cm³/mol. The van der Waals surface area contributed by atoms with Gasteiger partial charge in [-0.3, -0.25) is 0 Å². The molecule has 18 heavy (non-hydrogen) atoms. The van der Waals surface area contributed by atoms with Gasteiger partial charge in [-0.15, -0.1) is 11.8 Å². The number of halogens is 1. The van der Waals surface area contributed by atoms with Gasteiger partial charge in [0.1, 0.15) is 0 Å². The molecule has 7 heteroatoms. The lowest BCUT2D eigenvalue weighted by Gasteiger charge is -2.06. The lowest BCUT2D eigenvalue weighted by molar-refractivity contribution is 0.0693. The number of carboxylic acid groups (broad SMARTS) is 1. The number of carboxylic acids is 1. The molecule has 0 bridgehead atoms. The molecule has 1 rings (SSSR count). The average Bonchev–Trinajstić information content (AvgIpc) is 2.28. The van der Waals surface area contributed by atoms with Gasteiger partial charge in [0.05, 0.1) is 11.3 Å². The van der Waals surface area contributed by atoms with Gasteiger partial charge in [-0.25, -0.2) is 13.2 Å². The maximum Gasteiger partial charge on any atom is 0.336 e. The van der Waals surface area contributed by atoms with Crippen molar-refractivity contribution in [3.05, 3.63) is 28.2 Å². The van der Waals surface area contributed by atoms with Crippen molar-refractivity contribution >= 4 is 43.5 Å². The zero-order valence-corrected chi connectivity index (χ0v) is 12.9. The Hall–Kier alpha value is -0.530. The molecule has 0 aliphatic rings. The molecule has 0 unspecified atom stereocenters. The molecular weight excluding hydrogens is 340 g/mol. The smallest absolute Gasteiger partial charge is 0.336 e. The average molecular weight is 353 g/mol. The van der Waals surface area contributed by atoms with E-state index >= 15 is 0 Å². The number of benzene rings is 1. The topological polar surface area (TPSA) is 71.4 Å². The minimum atomic E-state index is -3.01. The van der Waals surface area contributed by atoms with Gasteiger partial charge >= 0.3 is 5.97 Å². The third kappa shape index (κ3) is 4.62. The first-order chi connectivity index (χ1) is 8.35. The van der Waals surface area contributed by atoms with E-state index < -0.39 is 15.8 Å². The molecule has 1 N–H and O–H groups in total. The first kappa shape index (κ1) is 15.5. The van der Waals surface area contributed by atoms with Crippen LogP contribution in [-0.2, 0) is 9.84 Å². The Balaban J connectivity index is 2.78. The maximum atomic E-state index is 11.3. The van der Waals surface area contributed by atoms with Crippen molar-refractivity contribution in [2.45, 2.75) is 11.8 Å². The number of thioether (sulfide) groups is 1. The molecule has 100 valence electrons. The molecule has 0 fully saturated rings. The molecule has 0 radical (unpaired) electrons. The molecule has 0 saturated heterocycles. The summed E-state index contributed by atoms with van der Waals surface area (Å²) in [6, 6.07) is 4.84. The number of sulfone groups is 1. The third-order valence-electron chi connectivity index (χ3n) is 2.27. The van der Waals surface area contributed by atoms with E-state index in [2.05, 4.69) is 15.9 Å². The zero-order valence-electron chi connectivity index (χ0n) is 9.72. The number of hydrogen-bond donors (Lipinski definition) is 1.